The molecule has 82 valence electrons. The molecule has 1 unspecified atom stereocenters. The molecule has 0 spiro atoms. The first kappa shape index (κ1) is 11.1. The topological polar surface area (TPSA) is 36.9 Å². The van der Waals surface area contributed by atoms with Gasteiger partial charge in [0.15, 0.2) is 12.1 Å². The van der Waals surface area contributed by atoms with E-state index in [2.05, 4.69) is 22.6 Å². The number of ether oxygens (including phenoxy) is 4. The Morgan fingerprint density at radius 3 is 2.50 bits per heavy atom. The molecule has 2 fully saturated rings. The van der Waals surface area contributed by atoms with E-state index in [1.165, 1.54) is 0 Å². The van der Waals surface area contributed by atoms with Gasteiger partial charge in [0.05, 0.1) is 6.10 Å². The van der Waals surface area contributed by atoms with Crippen LogP contribution in [0, 0.1) is 0 Å². The normalized spacial score (nSPS) is 45.4. The Labute approximate surface area is 97.4 Å². The largest absolute Gasteiger partial charge is 0.353 e. The fourth-order valence-electron chi connectivity index (χ4n) is 1.96. The minimum absolute atomic E-state index is 0.00634. The van der Waals surface area contributed by atoms with Gasteiger partial charge >= 0.3 is 0 Å². The van der Waals surface area contributed by atoms with E-state index in [1.807, 2.05) is 13.8 Å². The van der Waals surface area contributed by atoms with E-state index in [0.717, 1.165) is 4.43 Å². The number of methoxy groups -OCH3 is 1. The van der Waals surface area contributed by atoms with Gasteiger partial charge < -0.3 is 18.9 Å². The summed E-state index contributed by atoms with van der Waals surface area (Å²) in [6, 6.07) is 0. The molecule has 2 aliphatic heterocycles. The highest BCUT2D eigenvalue weighted by atomic mass is 127. The third-order valence-electron chi connectivity index (χ3n) is 2.49. The molecule has 0 aromatic rings. The standard InChI is InChI=1S/C9H15IO4/c1-9(2)13-6-5(4-10)12-8(11-3)7(6)14-9/h5-8H,4H2,1-3H3/t5?,6-,7-,8-/m0/s1. The van der Waals surface area contributed by atoms with Crippen molar-refractivity contribution in [3.63, 3.8) is 0 Å². The SMILES string of the molecule is CO[C@H]1OC(CI)[C@@H]2OC(C)(C)O[C@H]12. The summed E-state index contributed by atoms with van der Waals surface area (Å²) in [7, 11) is 1.63. The lowest BCUT2D eigenvalue weighted by atomic mass is 10.2. The summed E-state index contributed by atoms with van der Waals surface area (Å²) in [4.78, 5) is 0. The van der Waals surface area contributed by atoms with Gasteiger partial charge in [0.25, 0.3) is 0 Å². The molecule has 0 aliphatic carbocycles. The lowest BCUT2D eigenvalue weighted by molar-refractivity contribution is -0.223. The van der Waals surface area contributed by atoms with Gasteiger partial charge in [-0.15, -0.1) is 0 Å². The van der Waals surface area contributed by atoms with Crippen molar-refractivity contribution < 1.29 is 18.9 Å². The van der Waals surface area contributed by atoms with Crippen LogP contribution in [0.1, 0.15) is 13.8 Å². The van der Waals surface area contributed by atoms with Crippen LogP contribution in [0.25, 0.3) is 0 Å². The molecule has 5 heteroatoms. The van der Waals surface area contributed by atoms with Crippen molar-refractivity contribution in [3.8, 4) is 0 Å². The Morgan fingerprint density at radius 1 is 1.29 bits per heavy atom. The first-order valence-corrected chi connectivity index (χ1v) is 6.20. The predicted octanol–water partition coefficient (Wildman–Crippen LogP) is 1.31. The summed E-state index contributed by atoms with van der Waals surface area (Å²) < 4.78 is 23.3. The second-order valence-corrected chi connectivity index (χ2v) is 4.88. The van der Waals surface area contributed by atoms with Gasteiger partial charge in [-0.05, 0) is 13.8 Å². The van der Waals surface area contributed by atoms with Gasteiger partial charge in [-0.25, -0.2) is 0 Å². The van der Waals surface area contributed by atoms with Crippen LogP contribution in [0.15, 0.2) is 0 Å². The maximum atomic E-state index is 5.78. The van der Waals surface area contributed by atoms with E-state index < -0.39 is 5.79 Å². The Hall–Kier alpha value is 0.570. The van der Waals surface area contributed by atoms with Crippen LogP contribution in [0.2, 0.25) is 0 Å². The quantitative estimate of drug-likeness (QED) is 0.569. The molecule has 0 N–H and O–H groups in total. The minimum atomic E-state index is -0.514. The molecule has 0 saturated carbocycles. The van der Waals surface area contributed by atoms with E-state index >= 15 is 0 Å². The molecule has 0 bridgehead atoms. The molecule has 14 heavy (non-hydrogen) atoms. The minimum Gasteiger partial charge on any atom is -0.353 e. The van der Waals surface area contributed by atoms with Crippen molar-refractivity contribution in [2.75, 3.05) is 11.5 Å². The van der Waals surface area contributed by atoms with E-state index in [9.17, 15) is 0 Å². The summed E-state index contributed by atoms with van der Waals surface area (Å²) >= 11 is 2.29. The van der Waals surface area contributed by atoms with E-state index in [0.29, 0.717) is 0 Å². The summed E-state index contributed by atoms with van der Waals surface area (Å²) in [5, 5.41) is 0. The Balaban J connectivity index is 2.12. The monoisotopic (exact) mass is 314 g/mol. The first-order valence-electron chi connectivity index (χ1n) is 4.67. The summed E-state index contributed by atoms with van der Waals surface area (Å²) in [5.74, 6) is -0.514. The van der Waals surface area contributed by atoms with Crippen LogP contribution in [0.5, 0.6) is 0 Å². The van der Waals surface area contributed by atoms with Crippen LogP contribution in [-0.4, -0.2) is 41.9 Å². The molecule has 2 rings (SSSR count). The zero-order valence-corrected chi connectivity index (χ0v) is 10.7. The molecule has 0 aromatic heterocycles. The molecule has 0 radical (unpaired) electrons. The number of rotatable bonds is 2. The lowest BCUT2D eigenvalue weighted by Gasteiger charge is -2.22. The third-order valence-corrected chi connectivity index (χ3v) is 3.36. The number of alkyl halides is 1. The molecule has 2 heterocycles. The van der Waals surface area contributed by atoms with E-state index in [-0.39, 0.29) is 24.6 Å². The van der Waals surface area contributed by atoms with Gasteiger partial charge in [0.2, 0.25) is 0 Å². The van der Waals surface area contributed by atoms with Crippen molar-refractivity contribution in [2.24, 2.45) is 0 Å². The maximum Gasteiger partial charge on any atom is 0.186 e. The Bertz CT molecular complexity index is 201. The smallest absolute Gasteiger partial charge is 0.186 e. The zero-order valence-electron chi connectivity index (χ0n) is 8.53. The zero-order chi connectivity index (χ0) is 10.3. The molecular weight excluding hydrogens is 299 g/mol. The highest BCUT2D eigenvalue weighted by Gasteiger charge is 2.55. The van der Waals surface area contributed by atoms with Gasteiger partial charge in [0.1, 0.15) is 12.2 Å². The summed E-state index contributed by atoms with van der Waals surface area (Å²) in [5.41, 5.74) is 0. The summed E-state index contributed by atoms with van der Waals surface area (Å²) in [6.07, 6.45) is -0.296. The van der Waals surface area contributed by atoms with Gasteiger partial charge in [-0.1, -0.05) is 22.6 Å². The Morgan fingerprint density at radius 2 is 1.93 bits per heavy atom. The molecule has 4 atom stereocenters. The molecule has 2 aliphatic rings. The van der Waals surface area contributed by atoms with Crippen molar-refractivity contribution in [3.05, 3.63) is 0 Å². The van der Waals surface area contributed by atoms with Crippen LogP contribution in [-0.2, 0) is 18.9 Å². The summed E-state index contributed by atoms with van der Waals surface area (Å²) in [6.45, 7) is 3.84. The average molecular weight is 314 g/mol. The highest BCUT2D eigenvalue weighted by molar-refractivity contribution is 14.1. The van der Waals surface area contributed by atoms with E-state index in [1.54, 1.807) is 7.11 Å². The average Bonchev–Trinajstić information content (AvgIpc) is 2.57. The fourth-order valence-corrected chi connectivity index (χ4v) is 2.67. The number of fused-ring (bicyclic) bond motifs is 1. The molecule has 0 amide bonds. The first-order chi connectivity index (χ1) is 6.57. The second kappa shape index (κ2) is 3.86. The number of halogens is 1. The van der Waals surface area contributed by atoms with Crippen LogP contribution in [0.4, 0.5) is 0 Å². The molecule has 2 saturated heterocycles. The second-order valence-electron chi connectivity index (χ2n) is 4.00. The third kappa shape index (κ3) is 1.80. The van der Waals surface area contributed by atoms with Gasteiger partial charge in [-0.2, -0.15) is 0 Å². The fraction of sp³-hybridized carbons (Fsp3) is 1.00. The van der Waals surface area contributed by atoms with Crippen molar-refractivity contribution >= 4 is 22.6 Å². The number of hydrogen-bond donors (Lipinski definition) is 0. The van der Waals surface area contributed by atoms with Crippen LogP contribution in [0.3, 0.4) is 0 Å². The molecular formula is C9H15IO4. The van der Waals surface area contributed by atoms with Gasteiger partial charge in [-0.3, -0.25) is 0 Å². The van der Waals surface area contributed by atoms with Crippen molar-refractivity contribution in [1.29, 1.82) is 0 Å². The van der Waals surface area contributed by atoms with Crippen molar-refractivity contribution in [2.45, 2.75) is 44.2 Å². The Kier molecular flexibility index (Phi) is 3.05. The lowest BCUT2D eigenvalue weighted by Crippen LogP contribution is -2.30. The molecule has 0 aromatic carbocycles. The van der Waals surface area contributed by atoms with Crippen molar-refractivity contribution in [1.82, 2.24) is 0 Å². The number of hydrogen-bond acceptors (Lipinski definition) is 4. The molecule has 4 nitrogen and oxygen atoms in total. The maximum absolute atomic E-state index is 5.78. The highest BCUT2D eigenvalue weighted by Crippen LogP contribution is 2.39. The predicted molar refractivity (Wildman–Crippen MR) is 58.4 cm³/mol. The van der Waals surface area contributed by atoms with Crippen LogP contribution >= 0.6 is 22.6 Å². The van der Waals surface area contributed by atoms with E-state index in [4.69, 9.17) is 18.9 Å². The van der Waals surface area contributed by atoms with Crippen LogP contribution < -0.4 is 0 Å². The van der Waals surface area contributed by atoms with Gasteiger partial charge in [0, 0.05) is 11.5 Å².